The number of amides is 2. The number of furan rings is 1. The fourth-order valence-corrected chi connectivity index (χ4v) is 5.97. The van der Waals surface area contributed by atoms with Crippen molar-refractivity contribution in [2.45, 2.75) is 82.5 Å². The van der Waals surface area contributed by atoms with Crippen LogP contribution in [-0.2, 0) is 16.1 Å². The third-order valence-corrected chi connectivity index (χ3v) is 7.97. The standard InChI is InChI=1S/C29H38FN3O4/c30-22-12-10-21(11-13-22)27(28(34)31-23-6-2-1-3-7-23)33(24-8-4-5-9-24)29(35)26-15-14-25(37-26)20-32-16-18-36-19-17-32/h10-15,23-24,27H,1-9,16-20H2,(H,31,34). The molecule has 1 saturated heterocycles. The molecule has 1 aromatic heterocycles. The molecule has 7 nitrogen and oxygen atoms in total. The highest BCUT2D eigenvalue weighted by Crippen LogP contribution is 2.34. The lowest BCUT2D eigenvalue weighted by atomic mass is 9.94. The predicted molar refractivity (Wildman–Crippen MR) is 137 cm³/mol. The molecule has 2 aliphatic carbocycles. The Morgan fingerprint density at radius 1 is 0.946 bits per heavy atom. The second-order valence-corrected chi connectivity index (χ2v) is 10.6. The maximum Gasteiger partial charge on any atom is 0.290 e. The van der Waals surface area contributed by atoms with Crippen molar-refractivity contribution in [3.05, 3.63) is 59.3 Å². The van der Waals surface area contributed by atoms with Gasteiger partial charge in [0.2, 0.25) is 5.91 Å². The van der Waals surface area contributed by atoms with E-state index >= 15 is 0 Å². The number of ether oxygens (including phenoxy) is 1. The van der Waals surface area contributed by atoms with Crippen LogP contribution in [0, 0.1) is 5.82 Å². The number of carbonyl (C=O) groups excluding carboxylic acids is 2. The Morgan fingerprint density at radius 2 is 1.62 bits per heavy atom. The lowest BCUT2D eigenvalue weighted by Gasteiger charge is -2.36. The SMILES string of the molecule is O=C(NC1CCCCC1)C(c1ccc(F)cc1)N(C(=O)c1ccc(CN2CCOCC2)o1)C1CCCC1. The Morgan fingerprint density at radius 3 is 2.32 bits per heavy atom. The van der Waals surface area contributed by atoms with Crippen molar-refractivity contribution in [1.29, 1.82) is 0 Å². The zero-order chi connectivity index (χ0) is 25.6. The van der Waals surface area contributed by atoms with Crippen LogP contribution in [0.4, 0.5) is 4.39 Å². The fraction of sp³-hybridized carbons (Fsp3) is 0.586. The van der Waals surface area contributed by atoms with Crippen molar-refractivity contribution >= 4 is 11.8 Å². The molecule has 2 amide bonds. The van der Waals surface area contributed by atoms with E-state index in [1.165, 1.54) is 18.6 Å². The normalized spacial score (nSPS) is 20.6. The summed E-state index contributed by atoms with van der Waals surface area (Å²) in [6.07, 6.45) is 8.95. The molecule has 2 aromatic rings. The van der Waals surface area contributed by atoms with Crippen LogP contribution in [-0.4, -0.2) is 60.0 Å². The van der Waals surface area contributed by atoms with Crippen molar-refractivity contribution < 1.29 is 23.1 Å². The number of rotatable bonds is 8. The van der Waals surface area contributed by atoms with Crippen LogP contribution < -0.4 is 5.32 Å². The second-order valence-electron chi connectivity index (χ2n) is 10.6. The van der Waals surface area contributed by atoms with Crippen molar-refractivity contribution in [2.24, 2.45) is 0 Å². The summed E-state index contributed by atoms with van der Waals surface area (Å²) in [7, 11) is 0. The van der Waals surface area contributed by atoms with Crippen LogP contribution in [0.3, 0.4) is 0 Å². The molecule has 5 rings (SSSR count). The van der Waals surface area contributed by atoms with Gasteiger partial charge in [-0.1, -0.05) is 44.2 Å². The third kappa shape index (κ3) is 6.41. The van der Waals surface area contributed by atoms with Gasteiger partial charge in [0, 0.05) is 25.2 Å². The van der Waals surface area contributed by atoms with Crippen molar-refractivity contribution in [2.75, 3.05) is 26.3 Å². The van der Waals surface area contributed by atoms with Crippen LogP contribution in [0.5, 0.6) is 0 Å². The van der Waals surface area contributed by atoms with Crippen LogP contribution in [0.25, 0.3) is 0 Å². The molecular weight excluding hydrogens is 473 g/mol. The summed E-state index contributed by atoms with van der Waals surface area (Å²) < 4.78 is 25.3. The summed E-state index contributed by atoms with van der Waals surface area (Å²) in [5.74, 6) is 0.120. The smallest absolute Gasteiger partial charge is 0.290 e. The topological polar surface area (TPSA) is 75.0 Å². The minimum absolute atomic E-state index is 0.0764. The first-order valence-corrected chi connectivity index (χ1v) is 13.9. The molecule has 1 N–H and O–H groups in total. The number of carbonyl (C=O) groups is 2. The first-order chi connectivity index (χ1) is 18.1. The van der Waals surface area contributed by atoms with E-state index in [1.54, 1.807) is 23.1 Å². The van der Waals surface area contributed by atoms with Crippen LogP contribution >= 0.6 is 0 Å². The molecule has 1 aliphatic heterocycles. The first kappa shape index (κ1) is 25.9. The quantitative estimate of drug-likeness (QED) is 0.550. The molecule has 1 atom stereocenters. The predicted octanol–water partition coefficient (Wildman–Crippen LogP) is 4.83. The molecule has 1 aromatic carbocycles. The maximum atomic E-state index is 14.1. The van der Waals surface area contributed by atoms with Gasteiger partial charge in [-0.15, -0.1) is 0 Å². The second kappa shape index (κ2) is 12.2. The van der Waals surface area contributed by atoms with Crippen LogP contribution in [0.1, 0.15) is 85.7 Å². The lowest BCUT2D eigenvalue weighted by molar-refractivity contribution is -0.127. The molecule has 3 aliphatic rings. The Hall–Kier alpha value is -2.71. The lowest BCUT2D eigenvalue weighted by Crippen LogP contribution is -2.50. The summed E-state index contributed by atoms with van der Waals surface area (Å²) in [6.45, 7) is 3.65. The van der Waals surface area contributed by atoms with E-state index in [1.807, 2.05) is 6.07 Å². The maximum absolute atomic E-state index is 14.1. The Kier molecular flexibility index (Phi) is 8.56. The van der Waals surface area contributed by atoms with E-state index in [-0.39, 0.29) is 35.5 Å². The summed E-state index contributed by atoms with van der Waals surface area (Å²) >= 11 is 0. The number of hydrogen-bond acceptors (Lipinski definition) is 5. The van der Waals surface area contributed by atoms with Crippen LogP contribution in [0.2, 0.25) is 0 Å². The van der Waals surface area contributed by atoms with E-state index < -0.39 is 6.04 Å². The van der Waals surface area contributed by atoms with E-state index in [9.17, 15) is 14.0 Å². The van der Waals surface area contributed by atoms with Crippen molar-refractivity contribution in [3.8, 4) is 0 Å². The summed E-state index contributed by atoms with van der Waals surface area (Å²) in [5.41, 5.74) is 0.620. The largest absolute Gasteiger partial charge is 0.455 e. The molecule has 1 unspecified atom stereocenters. The minimum Gasteiger partial charge on any atom is -0.455 e. The van der Waals surface area contributed by atoms with Gasteiger partial charge >= 0.3 is 0 Å². The molecule has 0 radical (unpaired) electrons. The molecule has 37 heavy (non-hydrogen) atoms. The summed E-state index contributed by atoms with van der Waals surface area (Å²) in [4.78, 5) is 31.9. The molecule has 3 fully saturated rings. The highest BCUT2D eigenvalue weighted by molar-refractivity contribution is 5.96. The Labute approximate surface area is 218 Å². The van der Waals surface area contributed by atoms with E-state index in [0.29, 0.717) is 25.3 Å². The van der Waals surface area contributed by atoms with Crippen molar-refractivity contribution in [3.63, 3.8) is 0 Å². The van der Waals surface area contributed by atoms with Crippen LogP contribution in [0.15, 0.2) is 40.8 Å². The molecule has 200 valence electrons. The number of morpholine rings is 1. The fourth-order valence-electron chi connectivity index (χ4n) is 5.97. The first-order valence-electron chi connectivity index (χ1n) is 13.9. The van der Waals surface area contributed by atoms with Crippen molar-refractivity contribution in [1.82, 2.24) is 15.1 Å². The summed E-state index contributed by atoms with van der Waals surface area (Å²) in [6, 6.07) is 8.74. The minimum atomic E-state index is -0.842. The molecular formula is C29H38FN3O4. The Bertz CT molecular complexity index is 1040. The number of benzene rings is 1. The molecule has 0 bridgehead atoms. The number of hydrogen-bond donors (Lipinski definition) is 1. The average Bonchev–Trinajstić information content (AvgIpc) is 3.61. The zero-order valence-electron chi connectivity index (χ0n) is 21.5. The summed E-state index contributed by atoms with van der Waals surface area (Å²) in [5, 5.41) is 3.23. The van der Waals surface area contributed by atoms with Gasteiger partial charge in [-0.05, 0) is 55.5 Å². The average molecular weight is 512 g/mol. The van der Waals surface area contributed by atoms with Gasteiger partial charge in [-0.25, -0.2) is 4.39 Å². The zero-order valence-corrected chi connectivity index (χ0v) is 21.5. The van der Waals surface area contributed by atoms with E-state index in [0.717, 1.165) is 70.2 Å². The van der Waals surface area contributed by atoms with Gasteiger partial charge in [0.1, 0.15) is 17.6 Å². The monoisotopic (exact) mass is 511 g/mol. The van der Waals surface area contributed by atoms with E-state index in [2.05, 4.69) is 10.2 Å². The number of halogens is 1. The van der Waals surface area contributed by atoms with E-state index in [4.69, 9.17) is 9.15 Å². The van der Waals surface area contributed by atoms with Gasteiger partial charge in [0.25, 0.3) is 5.91 Å². The molecule has 8 heteroatoms. The highest BCUT2D eigenvalue weighted by Gasteiger charge is 2.39. The number of nitrogens with zero attached hydrogens (tertiary/aromatic N) is 2. The Balaban J connectivity index is 1.43. The third-order valence-electron chi connectivity index (χ3n) is 7.97. The highest BCUT2D eigenvalue weighted by atomic mass is 19.1. The van der Waals surface area contributed by atoms with Gasteiger partial charge in [-0.2, -0.15) is 0 Å². The molecule has 2 heterocycles. The van der Waals surface area contributed by atoms with Gasteiger partial charge in [0.05, 0.1) is 19.8 Å². The van der Waals surface area contributed by atoms with Gasteiger partial charge in [0.15, 0.2) is 5.76 Å². The molecule has 0 spiro atoms. The van der Waals surface area contributed by atoms with Gasteiger partial charge < -0.3 is 19.4 Å². The number of nitrogens with one attached hydrogen (secondary N) is 1. The van der Waals surface area contributed by atoms with Gasteiger partial charge in [-0.3, -0.25) is 14.5 Å². The molecule has 2 saturated carbocycles.